The number of anilines is 1. The van der Waals surface area contributed by atoms with Crippen LogP contribution in [0.1, 0.15) is 12.8 Å². The van der Waals surface area contributed by atoms with E-state index >= 15 is 0 Å². The molecule has 5 heteroatoms. The minimum absolute atomic E-state index is 0.0678. The molecule has 3 rings (SSSR count). The third-order valence-corrected chi connectivity index (χ3v) is 4.37. The van der Waals surface area contributed by atoms with E-state index in [0.717, 1.165) is 31.6 Å². The molecule has 4 nitrogen and oxygen atoms in total. The molecule has 0 aromatic heterocycles. The molecule has 1 aromatic carbocycles. The Bertz CT molecular complexity index is 477. The van der Waals surface area contributed by atoms with Crippen LogP contribution in [0.4, 0.5) is 10.1 Å². The van der Waals surface area contributed by atoms with Crippen LogP contribution in [0, 0.1) is 17.7 Å². The zero-order valence-corrected chi connectivity index (χ0v) is 11.3. The fourth-order valence-electron chi connectivity index (χ4n) is 3.33. The van der Waals surface area contributed by atoms with Crippen molar-refractivity contribution in [2.45, 2.75) is 18.9 Å². The number of rotatable bonds is 3. The van der Waals surface area contributed by atoms with Crippen molar-refractivity contribution in [1.82, 2.24) is 4.90 Å². The molecule has 1 amide bonds. The molecule has 1 aromatic rings. The standard InChI is InChI=1S/C15H19FN2O2/c16-12-1-3-13(4-2-12)17-7-15(20)18-8-10-5-14(19)6-11(10)9-18/h1-4,10-11,14,17,19H,5-9H2/t10-,11+,14?. The molecule has 1 aliphatic carbocycles. The van der Waals surface area contributed by atoms with Crippen molar-refractivity contribution >= 4 is 11.6 Å². The van der Waals surface area contributed by atoms with E-state index in [-0.39, 0.29) is 24.4 Å². The number of benzene rings is 1. The van der Waals surface area contributed by atoms with Crippen molar-refractivity contribution in [3.05, 3.63) is 30.1 Å². The zero-order valence-electron chi connectivity index (χ0n) is 11.3. The van der Waals surface area contributed by atoms with Crippen LogP contribution in [0.25, 0.3) is 0 Å². The number of nitrogens with one attached hydrogen (secondary N) is 1. The Morgan fingerprint density at radius 1 is 1.25 bits per heavy atom. The highest BCUT2D eigenvalue weighted by Crippen LogP contribution is 2.37. The smallest absolute Gasteiger partial charge is 0.241 e. The Hall–Kier alpha value is -1.62. The van der Waals surface area contributed by atoms with Gasteiger partial charge in [0.25, 0.3) is 0 Å². The Kier molecular flexibility index (Phi) is 3.61. The van der Waals surface area contributed by atoms with E-state index in [9.17, 15) is 14.3 Å². The molecule has 2 N–H and O–H groups in total. The van der Waals surface area contributed by atoms with Crippen LogP contribution in [0.5, 0.6) is 0 Å². The Balaban J connectivity index is 1.50. The molecule has 1 heterocycles. The van der Waals surface area contributed by atoms with Gasteiger partial charge in [-0.15, -0.1) is 0 Å². The van der Waals surface area contributed by atoms with Crippen molar-refractivity contribution < 1.29 is 14.3 Å². The second-order valence-electron chi connectivity index (χ2n) is 5.80. The minimum atomic E-state index is -0.284. The van der Waals surface area contributed by atoms with Crippen LogP contribution in [-0.2, 0) is 4.79 Å². The highest BCUT2D eigenvalue weighted by molar-refractivity contribution is 5.81. The van der Waals surface area contributed by atoms with Crippen molar-refractivity contribution in [2.24, 2.45) is 11.8 Å². The molecular formula is C15H19FN2O2. The molecule has 1 saturated carbocycles. The summed E-state index contributed by atoms with van der Waals surface area (Å²) in [6, 6.07) is 5.98. The summed E-state index contributed by atoms with van der Waals surface area (Å²) in [4.78, 5) is 14.0. The summed E-state index contributed by atoms with van der Waals surface area (Å²) in [6.07, 6.45) is 1.46. The van der Waals surface area contributed by atoms with Crippen LogP contribution in [0.15, 0.2) is 24.3 Å². The number of hydrogen-bond acceptors (Lipinski definition) is 3. The number of aliphatic hydroxyl groups excluding tert-OH is 1. The third kappa shape index (κ3) is 2.77. The van der Waals surface area contributed by atoms with Crippen molar-refractivity contribution in [3.63, 3.8) is 0 Å². The maximum Gasteiger partial charge on any atom is 0.241 e. The third-order valence-electron chi connectivity index (χ3n) is 4.37. The summed E-state index contributed by atoms with van der Waals surface area (Å²) in [7, 11) is 0. The van der Waals surface area contributed by atoms with Gasteiger partial charge in [-0.3, -0.25) is 4.79 Å². The minimum Gasteiger partial charge on any atom is -0.393 e. The van der Waals surface area contributed by atoms with Gasteiger partial charge in [-0.05, 0) is 48.9 Å². The van der Waals surface area contributed by atoms with Gasteiger partial charge in [-0.2, -0.15) is 0 Å². The summed E-state index contributed by atoms with van der Waals surface area (Å²) in [5, 5.41) is 12.6. The van der Waals surface area contributed by atoms with Crippen LogP contribution < -0.4 is 5.32 Å². The van der Waals surface area contributed by atoms with Crippen molar-refractivity contribution in [3.8, 4) is 0 Å². The number of likely N-dealkylation sites (tertiary alicyclic amines) is 1. The lowest BCUT2D eigenvalue weighted by molar-refractivity contribution is -0.128. The van der Waals surface area contributed by atoms with Gasteiger partial charge >= 0.3 is 0 Å². The van der Waals surface area contributed by atoms with E-state index in [1.807, 2.05) is 4.90 Å². The number of amides is 1. The van der Waals surface area contributed by atoms with E-state index in [1.165, 1.54) is 12.1 Å². The first-order valence-electron chi connectivity index (χ1n) is 7.07. The fourth-order valence-corrected chi connectivity index (χ4v) is 3.33. The Labute approximate surface area is 117 Å². The molecule has 1 saturated heterocycles. The number of halogens is 1. The quantitative estimate of drug-likeness (QED) is 0.880. The first-order chi connectivity index (χ1) is 9.61. The van der Waals surface area contributed by atoms with Crippen LogP contribution in [0.3, 0.4) is 0 Å². The lowest BCUT2D eigenvalue weighted by Crippen LogP contribution is -2.34. The molecule has 0 spiro atoms. The molecule has 1 aliphatic heterocycles. The maximum atomic E-state index is 12.8. The second kappa shape index (κ2) is 5.40. The summed E-state index contributed by atoms with van der Waals surface area (Å²) in [5.74, 6) is 0.700. The van der Waals surface area contributed by atoms with Gasteiger partial charge in [0.05, 0.1) is 12.6 Å². The molecule has 20 heavy (non-hydrogen) atoms. The lowest BCUT2D eigenvalue weighted by atomic mass is 10.0. The molecule has 1 unspecified atom stereocenters. The topological polar surface area (TPSA) is 52.6 Å². The second-order valence-corrected chi connectivity index (χ2v) is 5.80. The monoisotopic (exact) mass is 278 g/mol. The average Bonchev–Trinajstić information content (AvgIpc) is 2.95. The predicted octanol–water partition coefficient (Wildman–Crippen LogP) is 1.47. The van der Waals surface area contributed by atoms with Crippen LogP contribution in [-0.4, -0.2) is 41.7 Å². The van der Waals surface area contributed by atoms with Gasteiger partial charge in [-0.1, -0.05) is 0 Å². The van der Waals surface area contributed by atoms with Crippen molar-refractivity contribution in [1.29, 1.82) is 0 Å². The SMILES string of the molecule is O=C(CNc1ccc(F)cc1)N1C[C@H]2CC(O)C[C@H]2C1. The number of aliphatic hydroxyl groups is 1. The molecule has 108 valence electrons. The van der Waals surface area contributed by atoms with Gasteiger partial charge < -0.3 is 15.3 Å². The van der Waals surface area contributed by atoms with Crippen molar-refractivity contribution in [2.75, 3.05) is 25.0 Å². The summed E-state index contributed by atoms with van der Waals surface area (Å²) in [5.41, 5.74) is 0.745. The molecule has 0 radical (unpaired) electrons. The van der Waals surface area contributed by atoms with Crippen LogP contribution >= 0.6 is 0 Å². The molecule has 0 bridgehead atoms. The first-order valence-corrected chi connectivity index (χ1v) is 7.07. The first kappa shape index (κ1) is 13.4. The normalized spacial score (nSPS) is 28.5. The van der Waals surface area contributed by atoms with E-state index < -0.39 is 0 Å². The maximum absolute atomic E-state index is 12.8. The van der Waals surface area contributed by atoms with Gasteiger partial charge in [0, 0.05) is 18.8 Å². The fraction of sp³-hybridized carbons (Fsp3) is 0.533. The van der Waals surface area contributed by atoms with E-state index in [4.69, 9.17) is 0 Å². The summed E-state index contributed by atoms with van der Waals surface area (Å²) >= 11 is 0. The number of nitrogens with zero attached hydrogens (tertiary/aromatic N) is 1. The summed E-state index contributed by atoms with van der Waals surface area (Å²) in [6.45, 7) is 1.74. The highest BCUT2D eigenvalue weighted by atomic mass is 19.1. The lowest BCUT2D eigenvalue weighted by Gasteiger charge is -2.18. The van der Waals surface area contributed by atoms with Gasteiger partial charge in [0.1, 0.15) is 5.82 Å². The van der Waals surface area contributed by atoms with E-state index in [2.05, 4.69) is 5.32 Å². The largest absolute Gasteiger partial charge is 0.393 e. The Morgan fingerprint density at radius 3 is 2.45 bits per heavy atom. The average molecular weight is 278 g/mol. The van der Waals surface area contributed by atoms with E-state index in [0.29, 0.717) is 11.8 Å². The molecule has 3 atom stereocenters. The molecule has 2 aliphatic rings. The zero-order chi connectivity index (χ0) is 14.1. The van der Waals surface area contributed by atoms with Gasteiger partial charge in [-0.25, -0.2) is 4.39 Å². The molecular weight excluding hydrogens is 259 g/mol. The molecule has 2 fully saturated rings. The number of carbonyl (C=O) groups is 1. The summed E-state index contributed by atoms with van der Waals surface area (Å²) < 4.78 is 12.8. The number of carbonyl (C=O) groups excluding carboxylic acids is 1. The predicted molar refractivity (Wildman–Crippen MR) is 73.7 cm³/mol. The van der Waals surface area contributed by atoms with Gasteiger partial charge in [0.15, 0.2) is 0 Å². The van der Waals surface area contributed by atoms with Gasteiger partial charge in [0.2, 0.25) is 5.91 Å². The highest BCUT2D eigenvalue weighted by Gasteiger charge is 2.41. The van der Waals surface area contributed by atoms with E-state index in [1.54, 1.807) is 12.1 Å². The van der Waals surface area contributed by atoms with Crippen LogP contribution in [0.2, 0.25) is 0 Å². The Morgan fingerprint density at radius 2 is 1.85 bits per heavy atom. The number of hydrogen-bond donors (Lipinski definition) is 2. The number of fused-ring (bicyclic) bond motifs is 1.